The largest absolute Gasteiger partial charge is 0.333 e. The van der Waals surface area contributed by atoms with E-state index in [0.29, 0.717) is 12.0 Å². The number of imidazole rings is 1. The van der Waals surface area contributed by atoms with Crippen LogP contribution < -0.4 is 0 Å². The monoisotopic (exact) mass is 397 g/mol. The summed E-state index contributed by atoms with van der Waals surface area (Å²) < 4.78 is 2.29. The van der Waals surface area contributed by atoms with E-state index in [1.165, 1.54) is 11.5 Å². The molecular formula is C22H28ClN5. The van der Waals surface area contributed by atoms with E-state index in [0.717, 1.165) is 55.2 Å². The van der Waals surface area contributed by atoms with Gasteiger partial charge in [-0.3, -0.25) is 10.00 Å². The first-order chi connectivity index (χ1) is 13.7. The molecule has 1 aromatic carbocycles. The topological polar surface area (TPSA) is 49.7 Å². The number of hydrogen-bond donors (Lipinski definition) is 1. The molecule has 1 N–H and O–H groups in total. The highest BCUT2D eigenvalue weighted by molar-refractivity contribution is 6.33. The third-order valence-corrected chi connectivity index (χ3v) is 6.25. The van der Waals surface area contributed by atoms with Crippen LogP contribution in [0.5, 0.6) is 0 Å². The summed E-state index contributed by atoms with van der Waals surface area (Å²) in [7, 11) is 0. The van der Waals surface area contributed by atoms with Crippen molar-refractivity contribution >= 4 is 11.6 Å². The van der Waals surface area contributed by atoms with Crippen molar-refractivity contribution in [3.05, 3.63) is 59.3 Å². The summed E-state index contributed by atoms with van der Waals surface area (Å²) in [6.45, 7) is 7.72. The molecule has 3 aromatic rings. The summed E-state index contributed by atoms with van der Waals surface area (Å²) in [4.78, 5) is 7.04. The zero-order chi connectivity index (χ0) is 19.5. The quantitative estimate of drug-likeness (QED) is 0.652. The lowest BCUT2D eigenvalue weighted by molar-refractivity contribution is 0.147. The number of nitrogens with one attached hydrogen (secondary N) is 1. The van der Waals surface area contributed by atoms with Gasteiger partial charge in [-0.1, -0.05) is 36.7 Å². The summed E-state index contributed by atoms with van der Waals surface area (Å²) in [6.07, 6.45) is 7.29. The molecule has 0 radical (unpaired) electrons. The Kier molecular flexibility index (Phi) is 5.83. The molecular weight excluding hydrogens is 370 g/mol. The van der Waals surface area contributed by atoms with Crippen LogP contribution in [0, 0.1) is 0 Å². The van der Waals surface area contributed by atoms with Crippen LogP contribution in [-0.2, 0) is 13.0 Å². The molecule has 3 heterocycles. The zero-order valence-corrected chi connectivity index (χ0v) is 17.4. The molecule has 0 amide bonds. The number of benzene rings is 1. The lowest BCUT2D eigenvalue weighted by Crippen LogP contribution is -2.41. The van der Waals surface area contributed by atoms with Gasteiger partial charge in [-0.2, -0.15) is 5.10 Å². The van der Waals surface area contributed by atoms with Crippen LogP contribution in [0.3, 0.4) is 0 Å². The number of nitrogens with zero attached hydrogens (tertiary/aromatic N) is 4. The number of likely N-dealkylation sites (tertiary alicyclic amines) is 1. The SMILES string of the molecule is CCc1nccn1CC(C)N1CCC(c2cc(-c3ccccc3Cl)n[nH]2)CC1. The normalized spacial score (nSPS) is 17.1. The average Bonchev–Trinajstić information content (AvgIpc) is 3.38. The summed E-state index contributed by atoms with van der Waals surface area (Å²) in [5, 5.41) is 8.51. The van der Waals surface area contributed by atoms with Gasteiger partial charge in [-0.15, -0.1) is 0 Å². The highest BCUT2D eigenvalue weighted by Crippen LogP contribution is 2.32. The van der Waals surface area contributed by atoms with Crippen LogP contribution in [0.15, 0.2) is 42.7 Å². The number of halogens is 1. The number of aromatic amines is 1. The summed E-state index contributed by atoms with van der Waals surface area (Å²) >= 11 is 6.32. The van der Waals surface area contributed by atoms with E-state index < -0.39 is 0 Å². The Balaban J connectivity index is 1.36. The van der Waals surface area contributed by atoms with Crippen LogP contribution in [0.4, 0.5) is 0 Å². The highest BCUT2D eigenvalue weighted by atomic mass is 35.5. The number of hydrogen-bond acceptors (Lipinski definition) is 3. The molecule has 28 heavy (non-hydrogen) atoms. The molecule has 4 rings (SSSR count). The first-order valence-electron chi connectivity index (χ1n) is 10.2. The van der Waals surface area contributed by atoms with Gasteiger partial charge >= 0.3 is 0 Å². The van der Waals surface area contributed by atoms with Crippen molar-refractivity contribution in [2.75, 3.05) is 13.1 Å². The molecule has 148 valence electrons. The molecule has 5 nitrogen and oxygen atoms in total. The smallest absolute Gasteiger partial charge is 0.108 e. The number of piperidine rings is 1. The Hall–Kier alpha value is -2.11. The minimum absolute atomic E-state index is 0.515. The average molecular weight is 398 g/mol. The van der Waals surface area contributed by atoms with Crippen molar-refractivity contribution in [2.24, 2.45) is 0 Å². The fourth-order valence-electron chi connectivity index (χ4n) is 4.22. The Morgan fingerprint density at radius 1 is 1.25 bits per heavy atom. The van der Waals surface area contributed by atoms with Crippen LogP contribution >= 0.6 is 11.6 Å². The van der Waals surface area contributed by atoms with Crippen molar-refractivity contribution < 1.29 is 0 Å². The summed E-state index contributed by atoms with van der Waals surface area (Å²) in [5.41, 5.74) is 3.15. The van der Waals surface area contributed by atoms with Gasteiger partial charge in [-0.25, -0.2) is 4.98 Å². The van der Waals surface area contributed by atoms with Crippen molar-refractivity contribution in [3.63, 3.8) is 0 Å². The second kappa shape index (κ2) is 8.50. The summed E-state index contributed by atoms with van der Waals surface area (Å²) in [6, 6.07) is 10.6. The Labute approximate surface area is 171 Å². The fourth-order valence-corrected chi connectivity index (χ4v) is 4.46. The Bertz CT molecular complexity index is 907. The maximum absolute atomic E-state index is 6.32. The van der Waals surface area contributed by atoms with Gasteiger partial charge < -0.3 is 4.57 Å². The molecule has 1 aliphatic heterocycles. The lowest BCUT2D eigenvalue weighted by atomic mass is 9.92. The molecule has 6 heteroatoms. The fraction of sp³-hybridized carbons (Fsp3) is 0.455. The second-order valence-corrected chi connectivity index (χ2v) is 8.10. The molecule has 1 atom stereocenters. The summed E-state index contributed by atoms with van der Waals surface area (Å²) in [5.74, 6) is 1.71. The van der Waals surface area contributed by atoms with Crippen LogP contribution in [-0.4, -0.2) is 43.8 Å². The number of aromatic nitrogens is 4. The predicted octanol–water partition coefficient (Wildman–Crippen LogP) is 4.76. The maximum atomic E-state index is 6.32. The predicted molar refractivity (Wildman–Crippen MR) is 114 cm³/mol. The molecule has 1 unspecified atom stereocenters. The van der Waals surface area contributed by atoms with Gasteiger partial charge in [-0.05, 0) is 45.0 Å². The Morgan fingerprint density at radius 3 is 2.79 bits per heavy atom. The van der Waals surface area contributed by atoms with Crippen LogP contribution in [0.1, 0.15) is 44.1 Å². The van der Waals surface area contributed by atoms with Gasteiger partial charge in [0, 0.05) is 48.6 Å². The van der Waals surface area contributed by atoms with E-state index in [4.69, 9.17) is 11.6 Å². The molecule has 0 saturated carbocycles. The molecule has 0 aliphatic carbocycles. The number of rotatable bonds is 6. The molecule has 0 spiro atoms. The van der Waals surface area contributed by atoms with E-state index in [2.05, 4.69) is 50.8 Å². The Morgan fingerprint density at radius 2 is 2.04 bits per heavy atom. The van der Waals surface area contributed by atoms with Crippen LogP contribution in [0.2, 0.25) is 5.02 Å². The minimum atomic E-state index is 0.515. The van der Waals surface area contributed by atoms with Crippen LogP contribution in [0.25, 0.3) is 11.3 Å². The molecule has 0 bridgehead atoms. The first kappa shape index (κ1) is 19.2. The third kappa shape index (κ3) is 4.01. The minimum Gasteiger partial charge on any atom is -0.333 e. The van der Waals surface area contributed by atoms with Gasteiger partial charge in [0.25, 0.3) is 0 Å². The van der Waals surface area contributed by atoms with Crippen molar-refractivity contribution in [3.8, 4) is 11.3 Å². The highest BCUT2D eigenvalue weighted by Gasteiger charge is 2.25. The van der Waals surface area contributed by atoms with E-state index in [9.17, 15) is 0 Å². The van der Waals surface area contributed by atoms with Crippen molar-refractivity contribution in [1.82, 2.24) is 24.6 Å². The molecule has 1 aliphatic rings. The molecule has 1 fully saturated rings. The van der Waals surface area contributed by atoms with Gasteiger partial charge in [0.05, 0.1) is 10.7 Å². The standard InChI is InChI=1S/C22H28ClN5/c1-3-22-24-10-13-28(22)15-16(2)27-11-8-17(9-12-27)20-14-21(26-25-20)18-6-4-5-7-19(18)23/h4-7,10,13-14,16-17H,3,8-9,11-12,15H2,1-2H3,(H,25,26). The third-order valence-electron chi connectivity index (χ3n) is 5.92. The molecule has 1 saturated heterocycles. The van der Waals surface area contributed by atoms with E-state index in [-0.39, 0.29) is 0 Å². The van der Waals surface area contributed by atoms with Gasteiger partial charge in [0.1, 0.15) is 5.82 Å². The van der Waals surface area contributed by atoms with E-state index in [1.54, 1.807) is 0 Å². The van der Waals surface area contributed by atoms with Crippen molar-refractivity contribution in [2.45, 2.75) is 51.6 Å². The van der Waals surface area contributed by atoms with E-state index >= 15 is 0 Å². The van der Waals surface area contributed by atoms with Crippen molar-refractivity contribution in [1.29, 1.82) is 0 Å². The molecule has 2 aromatic heterocycles. The number of H-pyrrole nitrogens is 1. The first-order valence-corrected chi connectivity index (χ1v) is 10.6. The zero-order valence-electron chi connectivity index (χ0n) is 16.6. The maximum Gasteiger partial charge on any atom is 0.108 e. The van der Waals surface area contributed by atoms with Gasteiger partial charge in [0.2, 0.25) is 0 Å². The number of aryl methyl sites for hydroxylation is 1. The second-order valence-electron chi connectivity index (χ2n) is 7.70. The lowest BCUT2D eigenvalue weighted by Gasteiger charge is -2.36. The van der Waals surface area contributed by atoms with Gasteiger partial charge in [0.15, 0.2) is 0 Å². The van der Waals surface area contributed by atoms with E-state index in [1.807, 2.05) is 30.5 Å².